The van der Waals surface area contributed by atoms with Crippen molar-refractivity contribution in [2.45, 2.75) is 56.9 Å². The second-order valence-corrected chi connectivity index (χ2v) is 9.15. The van der Waals surface area contributed by atoms with E-state index in [0.29, 0.717) is 24.8 Å². The molecular formula is C19H29NO4S. The van der Waals surface area contributed by atoms with Gasteiger partial charge in [-0.15, -0.1) is 0 Å². The molecule has 2 N–H and O–H groups in total. The molecule has 1 aromatic rings. The van der Waals surface area contributed by atoms with Crippen molar-refractivity contribution in [1.82, 2.24) is 5.32 Å². The number of aliphatic hydroxyl groups excluding tert-OH is 1. The second kappa shape index (κ2) is 9.34. The first-order valence-corrected chi connectivity index (χ1v) is 10.8. The first-order chi connectivity index (χ1) is 11.9. The molecule has 1 amide bonds. The topological polar surface area (TPSA) is 83.5 Å². The third-order valence-corrected chi connectivity index (χ3v) is 6.80. The number of sulfone groups is 1. The van der Waals surface area contributed by atoms with Gasteiger partial charge in [-0.2, -0.15) is 0 Å². The SMILES string of the molecule is CC(CC(=O)NCc1ccc(S(=O)(=O)CCO)cc1)C1CCCCC1. The number of aliphatic hydroxyl groups is 1. The summed E-state index contributed by atoms with van der Waals surface area (Å²) in [6.45, 7) is 2.17. The van der Waals surface area contributed by atoms with Gasteiger partial charge < -0.3 is 10.4 Å². The Morgan fingerprint density at radius 3 is 2.44 bits per heavy atom. The summed E-state index contributed by atoms with van der Waals surface area (Å²) in [4.78, 5) is 12.3. The van der Waals surface area contributed by atoms with Crippen LogP contribution in [-0.2, 0) is 21.2 Å². The lowest BCUT2D eigenvalue weighted by Gasteiger charge is -2.27. The van der Waals surface area contributed by atoms with E-state index >= 15 is 0 Å². The zero-order valence-corrected chi connectivity index (χ0v) is 15.7. The highest BCUT2D eigenvalue weighted by atomic mass is 32.2. The number of benzene rings is 1. The van der Waals surface area contributed by atoms with E-state index in [1.54, 1.807) is 12.1 Å². The van der Waals surface area contributed by atoms with Gasteiger partial charge >= 0.3 is 0 Å². The number of rotatable bonds is 8. The molecule has 0 spiro atoms. The van der Waals surface area contributed by atoms with E-state index in [1.165, 1.54) is 44.2 Å². The van der Waals surface area contributed by atoms with Crippen LogP contribution in [0.25, 0.3) is 0 Å². The minimum atomic E-state index is -3.42. The Balaban J connectivity index is 1.81. The maximum Gasteiger partial charge on any atom is 0.220 e. The third-order valence-electron chi connectivity index (χ3n) is 5.09. The predicted octanol–water partition coefficient (Wildman–Crippen LogP) is 2.68. The standard InChI is InChI=1S/C19H29NO4S/c1-15(17-5-3-2-4-6-17)13-19(22)20-14-16-7-9-18(10-8-16)25(23,24)12-11-21/h7-10,15,17,21H,2-6,11-14H2,1H3,(H,20,22). The van der Waals surface area contributed by atoms with Gasteiger partial charge in [0.05, 0.1) is 17.3 Å². The predicted molar refractivity (Wildman–Crippen MR) is 97.8 cm³/mol. The molecule has 0 radical (unpaired) electrons. The Bertz CT molecular complexity index is 649. The summed E-state index contributed by atoms with van der Waals surface area (Å²) in [5.74, 6) is 0.846. The van der Waals surface area contributed by atoms with E-state index in [0.717, 1.165) is 5.56 Å². The Morgan fingerprint density at radius 2 is 1.84 bits per heavy atom. The quantitative estimate of drug-likeness (QED) is 0.740. The third kappa shape index (κ3) is 6.12. The fourth-order valence-electron chi connectivity index (χ4n) is 3.49. The highest BCUT2D eigenvalue weighted by molar-refractivity contribution is 7.91. The largest absolute Gasteiger partial charge is 0.395 e. The van der Waals surface area contributed by atoms with E-state index < -0.39 is 9.84 Å². The number of carbonyl (C=O) groups is 1. The summed E-state index contributed by atoms with van der Waals surface area (Å²) in [5, 5.41) is 11.7. The monoisotopic (exact) mass is 367 g/mol. The Labute approximate surface area is 150 Å². The van der Waals surface area contributed by atoms with Crippen LogP contribution in [-0.4, -0.2) is 31.8 Å². The molecule has 0 bridgehead atoms. The highest BCUT2D eigenvalue weighted by Crippen LogP contribution is 2.31. The van der Waals surface area contributed by atoms with Gasteiger partial charge in [-0.25, -0.2) is 8.42 Å². The average molecular weight is 368 g/mol. The van der Waals surface area contributed by atoms with Gasteiger partial charge in [-0.3, -0.25) is 4.79 Å². The van der Waals surface area contributed by atoms with Gasteiger partial charge in [0.1, 0.15) is 0 Å². The van der Waals surface area contributed by atoms with E-state index in [-0.39, 0.29) is 23.2 Å². The summed E-state index contributed by atoms with van der Waals surface area (Å²) in [6, 6.07) is 6.46. The van der Waals surface area contributed by atoms with E-state index in [2.05, 4.69) is 12.2 Å². The van der Waals surface area contributed by atoms with Crippen molar-refractivity contribution in [1.29, 1.82) is 0 Å². The molecule has 0 saturated heterocycles. The van der Waals surface area contributed by atoms with Gasteiger partial charge in [0.25, 0.3) is 0 Å². The van der Waals surface area contributed by atoms with Gasteiger partial charge in [0.15, 0.2) is 9.84 Å². The number of hydrogen-bond donors (Lipinski definition) is 2. The summed E-state index contributed by atoms with van der Waals surface area (Å²) in [7, 11) is -3.42. The van der Waals surface area contributed by atoms with Gasteiger partial charge in [0.2, 0.25) is 5.91 Å². The number of amides is 1. The van der Waals surface area contributed by atoms with Crippen molar-refractivity contribution in [3.8, 4) is 0 Å². The molecule has 1 aromatic carbocycles. The van der Waals surface area contributed by atoms with Crippen LogP contribution in [0.4, 0.5) is 0 Å². The molecular weight excluding hydrogens is 338 g/mol. The fraction of sp³-hybridized carbons (Fsp3) is 0.632. The minimum absolute atomic E-state index is 0.0510. The van der Waals surface area contributed by atoms with Crippen LogP contribution in [0.1, 0.15) is 51.0 Å². The molecule has 0 aliphatic heterocycles. The van der Waals surface area contributed by atoms with Gasteiger partial charge in [-0.05, 0) is 29.5 Å². The lowest BCUT2D eigenvalue weighted by molar-refractivity contribution is -0.122. The van der Waals surface area contributed by atoms with Crippen LogP contribution in [0.2, 0.25) is 0 Å². The van der Waals surface area contributed by atoms with Crippen molar-refractivity contribution in [3.05, 3.63) is 29.8 Å². The minimum Gasteiger partial charge on any atom is -0.395 e. The van der Waals surface area contributed by atoms with E-state index in [9.17, 15) is 13.2 Å². The molecule has 1 aliphatic carbocycles. The molecule has 1 fully saturated rings. The molecule has 1 aliphatic rings. The van der Waals surface area contributed by atoms with Crippen molar-refractivity contribution in [2.24, 2.45) is 11.8 Å². The normalized spacial score (nSPS) is 17.2. The van der Waals surface area contributed by atoms with Crippen LogP contribution >= 0.6 is 0 Å². The summed E-state index contributed by atoms with van der Waals surface area (Å²) >= 11 is 0. The fourth-order valence-corrected chi connectivity index (χ4v) is 4.51. The molecule has 140 valence electrons. The molecule has 1 saturated carbocycles. The van der Waals surface area contributed by atoms with Gasteiger partial charge in [0, 0.05) is 13.0 Å². The first kappa shape index (κ1) is 19.9. The number of carbonyl (C=O) groups excluding carboxylic acids is 1. The Kier molecular flexibility index (Phi) is 7.44. The molecule has 2 rings (SSSR count). The lowest BCUT2D eigenvalue weighted by Crippen LogP contribution is -2.27. The maximum atomic E-state index is 12.1. The van der Waals surface area contributed by atoms with Crippen molar-refractivity contribution in [3.63, 3.8) is 0 Å². The van der Waals surface area contributed by atoms with Crippen LogP contribution in [0.15, 0.2) is 29.2 Å². The molecule has 1 unspecified atom stereocenters. The van der Waals surface area contributed by atoms with Crippen LogP contribution < -0.4 is 5.32 Å². The van der Waals surface area contributed by atoms with Crippen molar-refractivity contribution >= 4 is 15.7 Å². The van der Waals surface area contributed by atoms with Crippen LogP contribution in [0.5, 0.6) is 0 Å². The zero-order chi connectivity index (χ0) is 18.3. The molecule has 6 heteroatoms. The Hall–Kier alpha value is -1.40. The summed E-state index contributed by atoms with van der Waals surface area (Å²) in [5.41, 5.74) is 0.863. The summed E-state index contributed by atoms with van der Waals surface area (Å²) in [6.07, 6.45) is 6.90. The van der Waals surface area contributed by atoms with Crippen molar-refractivity contribution < 1.29 is 18.3 Å². The van der Waals surface area contributed by atoms with Crippen molar-refractivity contribution in [2.75, 3.05) is 12.4 Å². The van der Waals surface area contributed by atoms with Crippen LogP contribution in [0, 0.1) is 11.8 Å². The first-order valence-electron chi connectivity index (χ1n) is 9.11. The highest BCUT2D eigenvalue weighted by Gasteiger charge is 2.22. The molecule has 0 aromatic heterocycles. The summed E-state index contributed by atoms with van der Waals surface area (Å²) < 4.78 is 23.7. The smallest absolute Gasteiger partial charge is 0.220 e. The molecule has 5 nitrogen and oxygen atoms in total. The maximum absolute atomic E-state index is 12.1. The molecule has 1 atom stereocenters. The second-order valence-electron chi connectivity index (χ2n) is 7.04. The number of hydrogen-bond acceptors (Lipinski definition) is 4. The average Bonchev–Trinajstić information content (AvgIpc) is 2.61. The zero-order valence-electron chi connectivity index (χ0n) is 14.9. The lowest BCUT2D eigenvalue weighted by atomic mass is 9.79. The van der Waals surface area contributed by atoms with E-state index in [1.807, 2.05) is 0 Å². The molecule has 0 heterocycles. The van der Waals surface area contributed by atoms with Crippen LogP contribution in [0.3, 0.4) is 0 Å². The Morgan fingerprint density at radius 1 is 1.20 bits per heavy atom. The number of nitrogens with one attached hydrogen (secondary N) is 1. The van der Waals surface area contributed by atoms with E-state index in [4.69, 9.17) is 5.11 Å². The molecule has 25 heavy (non-hydrogen) atoms. The van der Waals surface area contributed by atoms with Gasteiger partial charge in [-0.1, -0.05) is 51.2 Å².